The van der Waals surface area contributed by atoms with Crippen LogP contribution in [0.25, 0.3) is 0 Å². The van der Waals surface area contributed by atoms with Crippen LogP contribution in [0.4, 0.5) is 10.1 Å². The molecule has 0 bridgehead atoms. The van der Waals surface area contributed by atoms with Crippen molar-refractivity contribution >= 4 is 35.6 Å². The van der Waals surface area contributed by atoms with Crippen molar-refractivity contribution in [2.75, 3.05) is 44.9 Å². The lowest BCUT2D eigenvalue weighted by Gasteiger charge is -2.29. The number of hydrogen-bond acceptors (Lipinski definition) is 4. The first-order valence-corrected chi connectivity index (χ1v) is 11.0. The summed E-state index contributed by atoms with van der Waals surface area (Å²) in [6.45, 7) is 4.59. The second kappa shape index (κ2) is 12.2. The van der Waals surface area contributed by atoms with Gasteiger partial charge in [-0.25, -0.2) is 4.39 Å². The van der Waals surface area contributed by atoms with Gasteiger partial charge in [-0.1, -0.05) is 24.3 Å². The number of nitrogens with one attached hydrogen (secondary N) is 2. The molecule has 0 spiro atoms. The van der Waals surface area contributed by atoms with E-state index in [0.29, 0.717) is 43.9 Å². The number of ether oxygens (including phenoxy) is 2. The molecule has 0 aromatic heterocycles. The van der Waals surface area contributed by atoms with Crippen LogP contribution >= 0.6 is 24.0 Å². The molecule has 2 aromatic rings. The highest BCUT2D eigenvalue weighted by atomic mass is 127. The summed E-state index contributed by atoms with van der Waals surface area (Å²) >= 11 is 0. The first kappa shape index (κ1) is 24.6. The zero-order valence-corrected chi connectivity index (χ0v) is 20.8. The molecule has 4 rings (SSSR count). The molecule has 2 fully saturated rings. The highest BCUT2D eigenvalue weighted by Gasteiger charge is 2.22. The third kappa shape index (κ3) is 6.96. The van der Waals surface area contributed by atoms with Crippen molar-refractivity contribution in [2.24, 2.45) is 10.9 Å². The SMILES string of the molecule is CN=C(NCc1ccc(N2CCOCC2)c(F)c1)NCc1ccccc1OCC1CC1.I. The molecule has 2 aromatic carbocycles. The topological polar surface area (TPSA) is 58.1 Å². The van der Waals surface area contributed by atoms with E-state index in [9.17, 15) is 4.39 Å². The molecule has 6 nitrogen and oxygen atoms in total. The molecule has 174 valence electrons. The number of anilines is 1. The fourth-order valence-electron chi connectivity index (χ4n) is 3.59. The van der Waals surface area contributed by atoms with Crippen molar-refractivity contribution in [2.45, 2.75) is 25.9 Å². The van der Waals surface area contributed by atoms with Crippen LogP contribution in [0.1, 0.15) is 24.0 Å². The highest BCUT2D eigenvalue weighted by molar-refractivity contribution is 14.0. The molecule has 1 saturated heterocycles. The third-order valence-corrected chi connectivity index (χ3v) is 5.64. The predicted octanol–water partition coefficient (Wildman–Crippen LogP) is 3.93. The summed E-state index contributed by atoms with van der Waals surface area (Å²) in [5.74, 6) is 2.09. The summed E-state index contributed by atoms with van der Waals surface area (Å²) in [6, 6.07) is 13.5. The van der Waals surface area contributed by atoms with Crippen LogP contribution in [0.15, 0.2) is 47.5 Å². The average molecular weight is 554 g/mol. The zero-order valence-electron chi connectivity index (χ0n) is 18.5. The van der Waals surface area contributed by atoms with E-state index in [1.807, 2.05) is 35.2 Å². The largest absolute Gasteiger partial charge is 0.493 e. The zero-order chi connectivity index (χ0) is 21.5. The summed E-state index contributed by atoms with van der Waals surface area (Å²) in [7, 11) is 1.73. The second-order valence-corrected chi connectivity index (χ2v) is 8.03. The van der Waals surface area contributed by atoms with Crippen molar-refractivity contribution in [1.29, 1.82) is 0 Å². The van der Waals surface area contributed by atoms with Gasteiger partial charge in [-0.2, -0.15) is 0 Å². The molecule has 0 unspecified atom stereocenters. The number of benzene rings is 2. The summed E-state index contributed by atoms with van der Waals surface area (Å²) in [4.78, 5) is 6.31. The van der Waals surface area contributed by atoms with Crippen molar-refractivity contribution in [1.82, 2.24) is 10.6 Å². The molecular formula is C24H32FIN4O2. The quantitative estimate of drug-likeness (QED) is 0.294. The van der Waals surface area contributed by atoms with Gasteiger partial charge in [0.25, 0.3) is 0 Å². The summed E-state index contributed by atoms with van der Waals surface area (Å²) in [5.41, 5.74) is 2.59. The fraction of sp³-hybridized carbons (Fsp3) is 0.458. The van der Waals surface area contributed by atoms with E-state index in [1.165, 1.54) is 12.8 Å². The molecule has 0 atom stereocenters. The Bertz CT molecular complexity index is 901. The maximum Gasteiger partial charge on any atom is 0.191 e. The smallest absolute Gasteiger partial charge is 0.191 e. The Morgan fingerprint density at radius 3 is 2.59 bits per heavy atom. The fourth-order valence-corrected chi connectivity index (χ4v) is 3.59. The molecule has 1 heterocycles. The van der Waals surface area contributed by atoms with Crippen molar-refractivity contribution in [3.63, 3.8) is 0 Å². The maximum absolute atomic E-state index is 14.6. The molecule has 1 aliphatic heterocycles. The predicted molar refractivity (Wildman–Crippen MR) is 137 cm³/mol. The second-order valence-electron chi connectivity index (χ2n) is 8.03. The minimum Gasteiger partial charge on any atom is -0.493 e. The number of aliphatic imine (C=N–C) groups is 1. The van der Waals surface area contributed by atoms with Crippen LogP contribution < -0.4 is 20.3 Å². The van der Waals surface area contributed by atoms with Gasteiger partial charge in [-0.3, -0.25) is 4.99 Å². The normalized spacial score (nSPS) is 16.3. The molecule has 0 amide bonds. The first-order valence-electron chi connectivity index (χ1n) is 11.0. The Morgan fingerprint density at radius 1 is 1.12 bits per heavy atom. The van der Waals surface area contributed by atoms with E-state index in [-0.39, 0.29) is 29.8 Å². The molecule has 0 radical (unpaired) electrons. The van der Waals surface area contributed by atoms with Crippen LogP contribution in [-0.2, 0) is 17.8 Å². The van der Waals surface area contributed by atoms with Crippen LogP contribution in [0.5, 0.6) is 5.75 Å². The molecular weight excluding hydrogens is 522 g/mol. The molecule has 32 heavy (non-hydrogen) atoms. The van der Waals surface area contributed by atoms with Gasteiger partial charge in [-0.15, -0.1) is 24.0 Å². The van der Waals surface area contributed by atoms with Gasteiger partial charge in [0.15, 0.2) is 5.96 Å². The summed E-state index contributed by atoms with van der Waals surface area (Å²) in [6.07, 6.45) is 2.54. The van der Waals surface area contributed by atoms with Gasteiger partial charge in [0.05, 0.1) is 25.5 Å². The van der Waals surface area contributed by atoms with Crippen LogP contribution in [0.2, 0.25) is 0 Å². The summed E-state index contributed by atoms with van der Waals surface area (Å²) < 4.78 is 25.9. The van der Waals surface area contributed by atoms with Crippen molar-refractivity contribution in [3.05, 3.63) is 59.4 Å². The number of rotatable bonds is 8. The van der Waals surface area contributed by atoms with Crippen LogP contribution in [0.3, 0.4) is 0 Å². The Labute approximate surface area is 206 Å². The first-order chi connectivity index (χ1) is 15.2. The lowest BCUT2D eigenvalue weighted by molar-refractivity contribution is 0.122. The lowest BCUT2D eigenvalue weighted by Crippen LogP contribution is -2.37. The minimum absolute atomic E-state index is 0. The number of nitrogens with zero attached hydrogens (tertiary/aromatic N) is 2. The van der Waals surface area contributed by atoms with E-state index < -0.39 is 0 Å². The lowest BCUT2D eigenvalue weighted by atomic mass is 10.1. The number of halogens is 2. The Morgan fingerprint density at radius 2 is 1.88 bits per heavy atom. The number of morpholine rings is 1. The number of guanidine groups is 1. The molecule has 1 saturated carbocycles. The monoisotopic (exact) mass is 554 g/mol. The van der Waals surface area contributed by atoms with Crippen LogP contribution in [-0.4, -0.2) is 45.9 Å². The minimum atomic E-state index is -0.203. The van der Waals surface area contributed by atoms with Crippen LogP contribution in [0, 0.1) is 11.7 Å². The number of para-hydroxylation sites is 1. The maximum atomic E-state index is 14.6. The van der Waals surface area contributed by atoms with E-state index >= 15 is 0 Å². The highest BCUT2D eigenvalue weighted by Crippen LogP contribution is 2.30. The third-order valence-electron chi connectivity index (χ3n) is 5.64. The van der Waals surface area contributed by atoms with Crippen molar-refractivity contribution < 1.29 is 13.9 Å². The van der Waals surface area contributed by atoms with E-state index in [4.69, 9.17) is 9.47 Å². The molecule has 1 aliphatic carbocycles. The molecule has 2 aliphatic rings. The van der Waals surface area contributed by atoms with Gasteiger partial charge in [0.2, 0.25) is 0 Å². The van der Waals surface area contributed by atoms with Gasteiger partial charge in [0, 0.05) is 38.8 Å². The average Bonchev–Trinajstić information content (AvgIpc) is 3.64. The van der Waals surface area contributed by atoms with Gasteiger partial charge in [-0.05, 0) is 42.5 Å². The Balaban J connectivity index is 0.00000289. The van der Waals surface area contributed by atoms with Crippen molar-refractivity contribution in [3.8, 4) is 5.75 Å². The molecule has 2 N–H and O–H groups in total. The Hall–Kier alpha value is -2.07. The van der Waals surface area contributed by atoms with E-state index in [0.717, 1.165) is 36.6 Å². The summed E-state index contributed by atoms with van der Waals surface area (Å²) in [5, 5.41) is 6.58. The molecule has 8 heteroatoms. The standard InChI is InChI=1S/C24H31FN4O2.HI/c1-26-24(28-16-20-4-2-3-5-23(20)31-17-18-6-7-18)27-15-19-8-9-22(21(25)14-19)29-10-12-30-13-11-29;/h2-5,8-9,14,18H,6-7,10-13,15-17H2,1H3,(H2,26,27,28);1H. The Kier molecular flexibility index (Phi) is 9.40. The van der Waals surface area contributed by atoms with Gasteiger partial charge in [0.1, 0.15) is 11.6 Å². The van der Waals surface area contributed by atoms with Gasteiger partial charge < -0.3 is 25.0 Å². The van der Waals surface area contributed by atoms with Gasteiger partial charge >= 0.3 is 0 Å². The number of hydrogen-bond donors (Lipinski definition) is 2. The van der Waals surface area contributed by atoms with E-state index in [1.54, 1.807) is 13.1 Å². The van der Waals surface area contributed by atoms with E-state index in [2.05, 4.69) is 21.7 Å².